The fourth-order valence-electron chi connectivity index (χ4n) is 3.32. The normalized spacial score (nSPS) is 26.2. The summed E-state index contributed by atoms with van der Waals surface area (Å²) in [4.78, 5) is 23.3. The van der Waals surface area contributed by atoms with Crippen molar-refractivity contribution in [2.75, 3.05) is 13.7 Å². The summed E-state index contributed by atoms with van der Waals surface area (Å²) in [6.45, 7) is 2.52. The van der Waals surface area contributed by atoms with Gasteiger partial charge in [-0.3, -0.25) is 4.79 Å². The maximum atomic E-state index is 11.7. The molecule has 1 saturated carbocycles. The van der Waals surface area contributed by atoms with Gasteiger partial charge in [0.25, 0.3) is 0 Å². The predicted octanol–water partition coefficient (Wildman–Crippen LogP) is 2.55. The number of methoxy groups -OCH3 is 1. The van der Waals surface area contributed by atoms with Crippen molar-refractivity contribution in [3.63, 3.8) is 0 Å². The average Bonchev–Trinajstić information content (AvgIpc) is 2.60. The number of carbonyl (C=O) groups is 2. The van der Waals surface area contributed by atoms with Gasteiger partial charge in [0.15, 0.2) is 0 Å². The van der Waals surface area contributed by atoms with Gasteiger partial charge in [0.05, 0.1) is 18.4 Å². The molecule has 1 atom stereocenters. The van der Waals surface area contributed by atoms with E-state index in [0.717, 1.165) is 43.1 Å². The van der Waals surface area contributed by atoms with Crippen molar-refractivity contribution in [1.82, 2.24) is 0 Å². The monoisotopic (exact) mass is 303 g/mol. The first-order valence-corrected chi connectivity index (χ1v) is 7.91. The van der Waals surface area contributed by atoms with Crippen LogP contribution in [-0.2, 0) is 19.7 Å². The van der Waals surface area contributed by atoms with E-state index in [-0.39, 0.29) is 11.9 Å². The summed E-state index contributed by atoms with van der Waals surface area (Å²) in [7, 11) is 1.39. The minimum Gasteiger partial charge on any atom is -0.469 e. The molecular weight excluding hydrogens is 278 g/mol. The predicted molar refractivity (Wildman–Crippen MR) is 85.6 cm³/mol. The van der Waals surface area contributed by atoms with Crippen LogP contribution in [0.15, 0.2) is 24.3 Å². The summed E-state index contributed by atoms with van der Waals surface area (Å²) in [5.41, 5.74) is 7.29. The number of aldehydes is 1. The van der Waals surface area contributed by atoms with Crippen LogP contribution in [0.2, 0.25) is 0 Å². The first-order chi connectivity index (χ1) is 10.6. The summed E-state index contributed by atoms with van der Waals surface area (Å²) in [5.74, 6) is -0.00722. The van der Waals surface area contributed by atoms with E-state index in [4.69, 9.17) is 10.5 Å². The number of nitrogens with two attached hydrogens (primary N) is 1. The zero-order valence-corrected chi connectivity index (χ0v) is 13.4. The lowest BCUT2D eigenvalue weighted by atomic mass is 9.67. The van der Waals surface area contributed by atoms with Crippen LogP contribution in [0.25, 0.3) is 0 Å². The van der Waals surface area contributed by atoms with E-state index in [1.807, 2.05) is 31.2 Å². The molecule has 1 aromatic rings. The van der Waals surface area contributed by atoms with Crippen LogP contribution in [0, 0.1) is 5.92 Å². The van der Waals surface area contributed by atoms with Gasteiger partial charge >= 0.3 is 5.97 Å². The molecule has 4 nitrogen and oxygen atoms in total. The Morgan fingerprint density at radius 3 is 2.41 bits per heavy atom. The van der Waals surface area contributed by atoms with Gasteiger partial charge in [-0.25, -0.2) is 0 Å². The summed E-state index contributed by atoms with van der Waals surface area (Å²) in [6, 6.07) is 7.81. The molecule has 120 valence electrons. The van der Waals surface area contributed by atoms with E-state index in [0.29, 0.717) is 12.5 Å². The molecule has 0 amide bonds. The number of hydrogen-bond donors (Lipinski definition) is 1. The lowest BCUT2D eigenvalue weighted by Gasteiger charge is -2.36. The molecule has 0 aliphatic heterocycles. The van der Waals surface area contributed by atoms with Crippen LogP contribution in [-0.4, -0.2) is 25.9 Å². The van der Waals surface area contributed by atoms with Gasteiger partial charge in [-0.1, -0.05) is 24.3 Å². The minimum absolute atomic E-state index is 0.249. The second-order valence-electron chi connectivity index (χ2n) is 6.32. The highest BCUT2D eigenvalue weighted by molar-refractivity contribution is 5.77. The summed E-state index contributed by atoms with van der Waals surface area (Å²) >= 11 is 0. The Bertz CT molecular complexity index is 516. The van der Waals surface area contributed by atoms with Gasteiger partial charge in [-0.15, -0.1) is 0 Å². The van der Waals surface area contributed by atoms with Crippen molar-refractivity contribution >= 4 is 12.3 Å². The number of ether oxygens (including phenoxy) is 1. The third-order valence-electron chi connectivity index (χ3n) is 5.10. The first-order valence-electron chi connectivity index (χ1n) is 7.91. The minimum atomic E-state index is -0.390. The van der Waals surface area contributed by atoms with Gasteiger partial charge in [0, 0.05) is 0 Å². The number of rotatable bonds is 5. The molecule has 1 unspecified atom stereocenters. The van der Waals surface area contributed by atoms with E-state index < -0.39 is 5.41 Å². The molecule has 1 aromatic carbocycles. The van der Waals surface area contributed by atoms with Crippen LogP contribution >= 0.6 is 0 Å². The summed E-state index contributed by atoms with van der Waals surface area (Å²) in [5, 5.41) is 0. The molecule has 22 heavy (non-hydrogen) atoms. The zero-order valence-electron chi connectivity index (χ0n) is 13.4. The maximum absolute atomic E-state index is 11.7. The highest BCUT2D eigenvalue weighted by Gasteiger charge is 2.36. The molecular formula is C18H25NO3. The van der Waals surface area contributed by atoms with Crippen molar-refractivity contribution < 1.29 is 14.3 Å². The van der Waals surface area contributed by atoms with Crippen LogP contribution in [0.1, 0.15) is 49.7 Å². The van der Waals surface area contributed by atoms with Crippen LogP contribution in [0.3, 0.4) is 0 Å². The molecule has 0 radical (unpaired) electrons. The molecule has 0 heterocycles. The molecule has 0 aromatic heterocycles. The van der Waals surface area contributed by atoms with Crippen molar-refractivity contribution in [1.29, 1.82) is 0 Å². The highest BCUT2D eigenvalue weighted by atomic mass is 16.5. The summed E-state index contributed by atoms with van der Waals surface area (Å²) in [6.07, 6.45) is 4.79. The van der Waals surface area contributed by atoms with Gasteiger partial charge in [-0.2, -0.15) is 0 Å². The SMILES string of the molecule is COC(=O)C(C)c1ccc(C2(C=O)CCC(CN)CC2)cc1. The second kappa shape index (κ2) is 7.05. The number of esters is 1. The van der Waals surface area contributed by atoms with E-state index in [1.165, 1.54) is 7.11 Å². The molecule has 4 heteroatoms. The third-order valence-corrected chi connectivity index (χ3v) is 5.10. The van der Waals surface area contributed by atoms with Crippen LogP contribution in [0.5, 0.6) is 0 Å². The molecule has 1 aliphatic carbocycles. The van der Waals surface area contributed by atoms with E-state index in [1.54, 1.807) is 0 Å². The van der Waals surface area contributed by atoms with Crippen molar-refractivity contribution in [2.24, 2.45) is 11.7 Å². The van der Waals surface area contributed by atoms with E-state index in [2.05, 4.69) is 0 Å². The smallest absolute Gasteiger partial charge is 0.312 e. The molecule has 0 spiro atoms. The Hall–Kier alpha value is -1.68. The highest BCUT2D eigenvalue weighted by Crippen LogP contribution is 2.40. The van der Waals surface area contributed by atoms with Gasteiger partial charge < -0.3 is 15.3 Å². The summed E-state index contributed by atoms with van der Waals surface area (Å²) < 4.78 is 4.77. The topological polar surface area (TPSA) is 69.4 Å². The standard InChI is InChI=1S/C18H25NO3/c1-13(17(21)22-2)15-3-5-16(6-4-15)18(12-20)9-7-14(11-19)8-10-18/h3-6,12-14H,7-11,19H2,1-2H3. The molecule has 1 aliphatic rings. The Kier molecular flexibility index (Phi) is 5.35. The molecule has 2 N–H and O–H groups in total. The van der Waals surface area contributed by atoms with E-state index in [9.17, 15) is 9.59 Å². The molecule has 1 fully saturated rings. The Balaban J connectivity index is 2.18. The zero-order chi connectivity index (χ0) is 16.2. The Morgan fingerprint density at radius 2 is 1.95 bits per heavy atom. The third kappa shape index (κ3) is 3.22. The van der Waals surface area contributed by atoms with Gasteiger partial charge in [-0.05, 0) is 56.2 Å². The average molecular weight is 303 g/mol. The lowest BCUT2D eigenvalue weighted by Crippen LogP contribution is -2.35. The first kappa shape index (κ1) is 16.7. The second-order valence-corrected chi connectivity index (χ2v) is 6.32. The Morgan fingerprint density at radius 1 is 1.36 bits per heavy atom. The van der Waals surface area contributed by atoms with Crippen LogP contribution < -0.4 is 5.73 Å². The van der Waals surface area contributed by atoms with E-state index >= 15 is 0 Å². The van der Waals surface area contributed by atoms with Gasteiger partial charge in [0.2, 0.25) is 0 Å². The lowest BCUT2D eigenvalue weighted by molar-refractivity contribution is -0.142. The van der Waals surface area contributed by atoms with Crippen molar-refractivity contribution in [2.45, 2.75) is 43.9 Å². The Labute approximate surface area is 132 Å². The molecule has 0 saturated heterocycles. The maximum Gasteiger partial charge on any atom is 0.312 e. The fourth-order valence-corrected chi connectivity index (χ4v) is 3.32. The quantitative estimate of drug-likeness (QED) is 0.670. The van der Waals surface area contributed by atoms with Crippen LogP contribution in [0.4, 0.5) is 0 Å². The number of carbonyl (C=O) groups excluding carboxylic acids is 2. The van der Waals surface area contributed by atoms with Gasteiger partial charge in [0.1, 0.15) is 6.29 Å². The van der Waals surface area contributed by atoms with Crippen molar-refractivity contribution in [3.8, 4) is 0 Å². The largest absolute Gasteiger partial charge is 0.469 e. The number of benzene rings is 1. The molecule has 2 rings (SSSR count). The molecule has 0 bridgehead atoms. The van der Waals surface area contributed by atoms with Crippen molar-refractivity contribution in [3.05, 3.63) is 35.4 Å². The fraction of sp³-hybridized carbons (Fsp3) is 0.556. The number of hydrogen-bond acceptors (Lipinski definition) is 4.